The lowest BCUT2D eigenvalue weighted by atomic mass is 10.0. The van der Waals surface area contributed by atoms with Gasteiger partial charge in [0, 0.05) is 18.7 Å². The standard InChI is InChI=1S/C14H19NO/c1-11(2)12-5-7-13(8-6-12)15-9-3-4-14(16)10-15/h5-8,11H,3-4,9-10H2,1-2H3. The van der Waals surface area contributed by atoms with E-state index < -0.39 is 0 Å². The molecule has 0 amide bonds. The number of hydrogen-bond acceptors (Lipinski definition) is 2. The Morgan fingerprint density at radius 3 is 2.44 bits per heavy atom. The second kappa shape index (κ2) is 4.69. The quantitative estimate of drug-likeness (QED) is 0.759. The highest BCUT2D eigenvalue weighted by Crippen LogP contribution is 2.22. The second-order valence-corrected chi connectivity index (χ2v) is 4.81. The molecule has 0 unspecified atom stereocenters. The summed E-state index contributed by atoms with van der Waals surface area (Å²) in [7, 11) is 0. The highest BCUT2D eigenvalue weighted by molar-refractivity contribution is 5.84. The predicted octanol–water partition coefficient (Wildman–Crippen LogP) is 2.98. The van der Waals surface area contributed by atoms with Crippen LogP contribution in [-0.4, -0.2) is 18.9 Å². The third kappa shape index (κ3) is 2.43. The van der Waals surface area contributed by atoms with Crippen LogP contribution >= 0.6 is 0 Å². The number of Topliss-reactive ketones (excluding diaryl/α,β-unsaturated/α-hetero) is 1. The van der Waals surface area contributed by atoms with E-state index in [1.807, 2.05) is 0 Å². The van der Waals surface area contributed by atoms with Gasteiger partial charge in [0.05, 0.1) is 6.54 Å². The summed E-state index contributed by atoms with van der Waals surface area (Å²) in [6.45, 7) is 5.98. The van der Waals surface area contributed by atoms with Crippen molar-refractivity contribution in [2.24, 2.45) is 0 Å². The van der Waals surface area contributed by atoms with Gasteiger partial charge in [0.25, 0.3) is 0 Å². The second-order valence-electron chi connectivity index (χ2n) is 4.81. The molecule has 2 rings (SSSR count). The van der Waals surface area contributed by atoms with Gasteiger partial charge < -0.3 is 4.90 Å². The van der Waals surface area contributed by atoms with Crippen LogP contribution in [0.1, 0.15) is 38.2 Å². The number of anilines is 1. The van der Waals surface area contributed by atoms with Crippen molar-refractivity contribution in [3.8, 4) is 0 Å². The molecule has 0 saturated carbocycles. The Kier molecular flexibility index (Phi) is 3.28. The number of carbonyl (C=O) groups is 1. The van der Waals surface area contributed by atoms with E-state index in [1.54, 1.807) is 0 Å². The molecule has 0 N–H and O–H groups in total. The normalized spacial score (nSPS) is 16.9. The number of ketones is 1. The van der Waals surface area contributed by atoms with Gasteiger partial charge in [-0.2, -0.15) is 0 Å². The zero-order valence-corrected chi connectivity index (χ0v) is 10.1. The van der Waals surface area contributed by atoms with Crippen LogP contribution in [0.25, 0.3) is 0 Å². The van der Waals surface area contributed by atoms with Crippen molar-refractivity contribution in [2.45, 2.75) is 32.6 Å². The molecule has 0 aliphatic carbocycles. The van der Waals surface area contributed by atoms with Crippen LogP contribution in [0.2, 0.25) is 0 Å². The van der Waals surface area contributed by atoms with Gasteiger partial charge in [-0.1, -0.05) is 26.0 Å². The minimum atomic E-state index is 0.360. The molecule has 0 radical (unpaired) electrons. The van der Waals surface area contributed by atoms with Crippen molar-refractivity contribution in [2.75, 3.05) is 18.0 Å². The van der Waals surface area contributed by atoms with E-state index in [0.717, 1.165) is 19.4 Å². The number of carbonyl (C=O) groups excluding carboxylic acids is 1. The Morgan fingerprint density at radius 2 is 1.88 bits per heavy atom. The number of rotatable bonds is 2. The third-order valence-electron chi connectivity index (χ3n) is 3.18. The first kappa shape index (κ1) is 11.2. The molecule has 1 saturated heterocycles. The maximum absolute atomic E-state index is 11.4. The Bertz CT molecular complexity index is 367. The predicted molar refractivity (Wildman–Crippen MR) is 67.0 cm³/mol. The van der Waals surface area contributed by atoms with Crippen LogP contribution in [0.15, 0.2) is 24.3 Å². The summed E-state index contributed by atoms with van der Waals surface area (Å²) in [5.74, 6) is 0.927. The SMILES string of the molecule is CC(C)c1ccc(N2CCCC(=O)C2)cc1. The summed E-state index contributed by atoms with van der Waals surface area (Å²) in [5, 5.41) is 0. The molecule has 1 aliphatic heterocycles. The van der Waals surface area contributed by atoms with Gasteiger partial charge in [-0.15, -0.1) is 0 Å². The van der Waals surface area contributed by atoms with Gasteiger partial charge >= 0.3 is 0 Å². The molecule has 0 spiro atoms. The summed E-state index contributed by atoms with van der Waals surface area (Å²) in [6, 6.07) is 8.60. The number of benzene rings is 1. The number of hydrogen-bond donors (Lipinski definition) is 0. The lowest BCUT2D eigenvalue weighted by Crippen LogP contribution is -2.35. The third-order valence-corrected chi connectivity index (χ3v) is 3.18. The summed E-state index contributed by atoms with van der Waals surface area (Å²) in [4.78, 5) is 13.6. The Hall–Kier alpha value is -1.31. The van der Waals surface area contributed by atoms with Crippen LogP contribution in [0.3, 0.4) is 0 Å². The van der Waals surface area contributed by atoms with Crippen molar-refractivity contribution in [1.29, 1.82) is 0 Å². The molecule has 0 atom stereocenters. The smallest absolute Gasteiger partial charge is 0.152 e. The van der Waals surface area contributed by atoms with Crippen molar-refractivity contribution in [1.82, 2.24) is 0 Å². The highest BCUT2D eigenvalue weighted by Gasteiger charge is 2.16. The Labute approximate surface area is 97.3 Å². The van der Waals surface area contributed by atoms with Crippen LogP contribution in [0.4, 0.5) is 5.69 Å². The van der Waals surface area contributed by atoms with Gasteiger partial charge in [-0.25, -0.2) is 0 Å². The lowest BCUT2D eigenvalue weighted by molar-refractivity contribution is -0.118. The largest absolute Gasteiger partial charge is 0.364 e. The van der Waals surface area contributed by atoms with Crippen molar-refractivity contribution >= 4 is 11.5 Å². The fraction of sp³-hybridized carbons (Fsp3) is 0.500. The molecular weight excluding hydrogens is 198 g/mol. The average Bonchev–Trinajstić information content (AvgIpc) is 2.29. The molecule has 2 heteroatoms. The van der Waals surface area contributed by atoms with Gasteiger partial charge in [-0.05, 0) is 30.0 Å². The van der Waals surface area contributed by atoms with Crippen LogP contribution in [0, 0.1) is 0 Å². The van der Waals surface area contributed by atoms with Gasteiger partial charge in [0.2, 0.25) is 0 Å². The van der Waals surface area contributed by atoms with Gasteiger partial charge in [0.1, 0.15) is 0 Å². The van der Waals surface area contributed by atoms with E-state index in [-0.39, 0.29) is 0 Å². The number of nitrogens with zero attached hydrogens (tertiary/aromatic N) is 1. The van der Waals surface area contributed by atoms with E-state index in [2.05, 4.69) is 43.0 Å². The molecule has 1 fully saturated rings. The first-order valence-electron chi connectivity index (χ1n) is 6.03. The summed E-state index contributed by atoms with van der Waals surface area (Å²) in [5.41, 5.74) is 2.53. The summed E-state index contributed by atoms with van der Waals surface area (Å²) < 4.78 is 0. The van der Waals surface area contributed by atoms with E-state index in [9.17, 15) is 4.79 Å². The zero-order valence-electron chi connectivity index (χ0n) is 10.1. The van der Waals surface area contributed by atoms with Crippen LogP contribution in [-0.2, 0) is 4.79 Å². The molecule has 1 aromatic rings. The van der Waals surface area contributed by atoms with E-state index in [0.29, 0.717) is 18.2 Å². The van der Waals surface area contributed by atoms with E-state index >= 15 is 0 Å². The zero-order chi connectivity index (χ0) is 11.5. The summed E-state index contributed by atoms with van der Waals surface area (Å²) in [6.07, 6.45) is 1.74. The lowest BCUT2D eigenvalue weighted by Gasteiger charge is -2.28. The fourth-order valence-corrected chi connectivity index (χ4v) is 2.13. The van der Waals surface area contributed by atoms with Crippen molar-refractivity contribution in [3.63, 3.8) is 0 Å². The minimum Gasteiger partial charge on any atom is -0.364 e. The van der Waals surface area contributed by atoms with Crippen molar-refractivity contribution < 1.29 is 4.79 Å². The maximum Gasteiger partial charge on any atom is 0.152 e. The first-order chi connectivity index (χ1) is 7.66. The minimum absolute atomic E-state index is 0.360. The van der Waals surface area contributed by atoms with Gasteiger partial charge in [0.15, 0.2) is 5.78 Å². The number of piperidine rings is 1. The molecule has 0 aromatic heterocycles. The maximum atomic E-state index is 11.4. The Balaban J connectivity index is 2.11. The van der Waals surface area contributed by atoms with Crippen molar-refractivity contribution in [3.05, 3.63) is 29.8 Å². The molecule has 86 valence electrons. The molecule has 16 heavy (non-hydrogen) atoms. The molecule has 1 aliphatic rings. The summed E-state index contributed by atoms with van der Waals surface area (Å²) >= 11 is 0. The monoisotopic (exact) mass is 217 g/mol. The molecule has 0 bridgehead atoms. The topological polar surface area (TPSA) is 20.3 Å². The fourth-order valence-electron chi connectivity index (χ4n) is 2.13. The highest BCUT2D eigenvalue weighted by atomic mass is 16.1. The van der Waals surface area contributed by atoms with E-state index in [1.165, 1.54) is 11.3 Å². The molecular formula is C14H19NO. The first-order valence-corrected chi connectivity index (χ1v) is 6.03. The van der Waals surface area contributed by atoms with Crippen LogP contribution < -0.4 is 4.90 Å². The Morgan fingerprint density at radius 1 is 1.19 bits per heavy atom. The van der Waals surface area contributed by atoms with Gasteiger partial charge in [-0.3, -0.25) is 4.79 Å². The average molecular weight is 217 g/mol. The van der Waals surface area contributed by atoms with Crippen LogP contribution in [0.5, 0.6) is 0 Å². The molecule has 1 aromatic carbocycles. The molecule has 2 nitrogen and oxygen atoms in total. The molecule has 1 heterocycles. The van der Waals surface area contributed by atoms with E-state index in [4.69, 9.17) is 0 Å².